The number of hydrogen-bond acceptors (Lipinski definition) is 8. The maximum atomic E-state index is 12.6. The summed E-state index contributed by atoms with van der Waals surface area (Å²) in [7, 11) is 1.43. The third kappa shape index (κ3) is 7.27. The van der Waals surface area contributed by atoms with Crippen LogP contribution in [0.5, 0.6) is 11.5 Å². The molecule has 3 aromatic carbocycles. The smallest absolute Gasteiger partial charge is 0.335 e. The monoisotopic (exact) mass is 522 g/mol. The Labute approximate surface area is 217 Å². The van der Waals surface area contributed by atoms with E-state index in [4.69, 9.17) is 20.3 Å². The first-order valence-electron chi connectivity index (χ1n) is 11.3. The topological polar surface area (TPSA) is 183 Å². The standard InChI is InChI=1S/C26H26N4O8/c1-15-5-3-4-6-19(15)28-26(34)29-20-9-7-16(12-23(20)37-2)11-18(31)14-24(27)38-22-10-8-17(25(32)33)13-21(22)30(35)36/h3-10,12-13,24H,11,14,27H2,1-2H3,(H,32,33)(H2,28,29,34). The molecule has 1 unspecified atom stereocenters. The number of rotatable bonds is 11. The van der Waals surface area contributed by atoms with E-state index >= 15 is 0 Å². The summed E-state index contributed by atoms with van der Waals surface area (Å²) in [5, 5.41) is 25.8. The zero-order chi connectivity index (χ0) is 27.8. The molecule has 0 aliphatic heterocycles. The summed E-state index contributed by atoms with van der Waals surface area (Å²) < 4.78 is 10.7. The Morgan fingerprint density at radius 3 is 2.39 bits per heavy atom. The van der Waals surface area contributed by atoms with Crippen LogP contribution in [-0.2, 0) is 11.2 Å². The van der Waals surface area contributed by atoms with Crippen molar-refractivity contribution >= 4 is 34.8 Å². The number of ketones is 1. The number of carboxylic acid groups (broad SMARTS) is 1. The number of methoxy groups -OCH3 is 1. The fourth-order valence-electron chi connectivity index (χ4n) is 3.56. The Balaban J connectivity index is 1.61. The molecule has 3 aromatic rings. The molecule has 0 aliphatic rings. The highest BCUT2D eigenvalue weighted by Gasteiger charge is 2.22. The molecule has 5 N–H and O–H groups in total. The minimum Gasteiger partial charge on any atom is -0.495 e. The summed E-state index contributed by atoms with van der Waals surface area (Å²) in [4.78, 5) is 46.6. The highest BCUT2D eigenvalue weighted by atomic mass is 16.6. The van der Waals surface area contributed by atoms with E-state index in [1.54, 1.807) is 24.3 Å². The van der Waals surface area contributed by atoms with Gasteiger partial charge in [0.05, 0.1) is 29.7 Å². The van der Waals surface area contributed by atoms with Crippen molar-refractivity contribution in [2.45, 2.75) is 26.0 Å². The lowest BCUT2D eigenvalue weighted by molar-refractivity contribution is -0.386. The molecule has 12 nitrogen and oxygen atoms in total. The largest absolute Gasteiger partial charge is 0.495 e. The van der Waals surface area contributed by atoms with Crippen molar-refractivity contribution in [3.63, 3.8) is 0 Å². The van der Waals surface area contributed by atoms with E-state index in [0.29, 0.717) is 22.7 Å². The van der Waals surface area contributed by atoms with Gasteiger partial charge in [0.2, 0.25) is 0 Å². The number of aryl methyl sites for hydroxylation is 1. The maximum absolute atomic E-state index is 12.6. The predicted molar refractivity (Wildman–Crippen MR) is 139 cm³/mol. The number of benzene rings is 3. The number of nitrogens with two attached hydrogens (primary N) is 1. The third-order valence-corrected chi connectivity index (χ3v) is 5.42. The minimum atomic E-state index is -1.33. The molecule has 12 heteroatoms. The molecule has 3 rings (SSSR count). The number of carbonyl (C=O) groups is 3. The Morgan fingerprint density at radius 1 is 1.03 bits per heavy atom. The van der Waals surface area contributed by atoms with Crippen molar-refractivity contribution in [3.05, 3.63) is 87.5 Å². The van der Waals surface area contributed by atoms with Crippen LogP contribution in [0.1, 0.15) is 27.9 Å². The van der Waals surface area contributed by atoms with Crippen LogP contribution in [0.3, 0.4) is 0 Å². The van der Waals surface area contributed by atoms with Crippen molar-refractivity contribution < 1.29 is 33.9 Å². The third-order valence-electron chi connectivity index (χ3n) is 5.42. The highest BCUT2D eigenvalue weighted by Crippen LogP contribution is 2.29. The van der Waals surface area contributed by atoms with Gasteiger partial charge in [-0.25, -0.2) is 9.59 Å². The van der Waals surface area contributed by atoms with E-state index in [1.807, 2.05) is 25.1 Å². The first-order chi connectivity index (χ1) is 18.1. The van der Waals surface area contributed by atoms with Gasteiger partial charge < -0.3 is 25.2 Å². The van der Waals surface area contributed by atoms with Gasteiger partial charge in [-0.15, -0.1) is 0 Å². The minimum absolute atomic E-state index is 0.0385. The van der Waals surface area contributed by atoms with Crippen LogP contribution in [0, 0.1) is 17.0 Å². The molecule has 38 heavy (non-hydrogen) atoms. The number of Topliss-reactive ketones (excluding diaryl/α,β-unsaturated/α-hetero) is 1. The van der Waals surface area contributed by atoms with Crippen LogP contribution in [0.4, 0.5) is 21.9 Å². The maximum Gasteiger partial charge on any atom is 0.335 e. The molecule has 0 spiro atoms. The predicted octanol–water partition coefficient (Wildman–Crippen LogP) is 4.12. The van der Waals surface area contributed by atoms with Gasteiger partial charge in [0.15, 0.2) is 12.0 Å². The number of nitro groups is 1. The number of nitro benzene ring substituents is 1. The first kappa shape index (κ1) is 27.6. The molecule has 0 fully saturated rings. The summed E-state index contributed by atoms with van der Waals surface area (Å²) in [6.45, 7) is 1.87. The van der Waals surface area contributed by atoms with E-state index in [0.717, 1.165) is 23.8 Å². The fraction of sp³-hybridized carbons (Fsp3) is 0.192. The lowest BCUT2D eigenvalue weighted by Gasteiger charge is -2.15. The van der Waals surface area contributed by atoms with E-state index in [1.165, 1.54) is 7.11 Å². The Morgan fingerprint density at radius 2 is 1.74 bits per heavy atom. The van der Waals surface area contributed by atoms with Gasteiger partial charge in [0.1, 0.15) is 11.5 Å². The Kier molecular flexibility index (Phi) is 8.95. The zero-order valence-corrected chi connectivity index (χ0v) is 20.6. The Bertz CT molecular complexity index is 1380. The second kappa shape index (κ2) is 12.3. The molecule has 1 atom stereocenters. The molecule has 0 saturated heterocycles. The summed E-state index contributed by atoms with van der Waals surface area (Å²) in [6, 6.07) is 14.8. The Hall–Kier alpha value is -4.97. The molecule has 0 radical (unpaired) electrons. The average molecular weight is 523 g/mol. The first-order valence-corrected chi connectivity index (χ1v) is 11.3. The summed E-state index contributed by atoms with van der Waals surface area (Å²) >= 11 is 0. The van der Waals surface area contributed by atoms with Gasteiger partial charge in [-0.05, 0) is 48.4 Å². The van der Waals surface area contributed by atoms with Gasteiger partial charge >= 0.3 is 17.7 Å². The second-order valence-electron chi connectivity index (χ2n) is 8.25. The van der Waals surface area contributed by atoms with Gasteiger partial charge in [0.25, 0.3) is 0 Å². The van der Waals surface area contributed by atoms with E-state index < -0.39 is 28.8 Å². The van der Waals surface area contributed by atoms with Crippen molar-refractivity contribution in [2.24, 2.45) is 5.73 Å². The highest BCUT2D eigenvalue weighted by molar-refractivity contribution is 6.01. The number of nitrogens with one attached hydrogen (secondary N) is 2. The van der Waals surface area contributed by atoms with Crippen molar-refractivity contribution in [3.8, 4) is 11.5 Å². The number of para-hydroxylation sites is 1. The fourth-order valence-corrected chi connectivity index (χ4v) is 3.56. The number of nitrogens with zero attached hydrogens (tertiary/aromatic N) is 1. The lowest BCUT2D eigenvalue weighted by Crippen LogP contribution is -2.31. The number of amides is 2. The van der Waals surface area contributed by atoms with Crippen LogP contribution in [-0.4, -0.2) is 41.2 Å². The van der Waals surface area contributed by atoms with Crippen LogP contribution >= 0.6 is 0 Å². The van der Waals surface area contributed by atoms with Crippen LogP contribution < -0.4 is 25.8 Å². The quantitative estimate of drug-likeness (QED) is 0.163. The van der Waals surface area contributed by atoms with E-state index in [2.05, 4.69) is 10.6 Å². The summed E-state index contributed by atoms with van der Waals surface area (Å²) in [5.74, 6) is -1.56. The van der Waals surface area contributed by atoms with Crippen LogP contribution in [0.15, 0.2) is 60.7 Å². The molecular weight excluding hydrogens is 496 g/mol. The molecule has 198 valence electrons. The molecule has 0 aliphatic carbocycles. The number of carbonyl (C=O) groups excluding carboxylic acids is 2. The van der Waals surface area contributed by atoms with Gasteiger partial charge in [-0.1, -0.05) is 24.3 Å². The van der Waals surface area contributed by atoms with Gasteiger partial charge in [-0.2, -0.15) is 0 Å². The molecule has 0 aromatic heterocycles. The average Bonchev–Trinajstić information content (AvgIpc) is 2.86. The molecule has 2 amide bonds. The van der Waals surface area contributed by atoms with Gasteiger partial charge in [0, 0.05) is 18.2 Å². The summed E-state index contributed by atoms with van der Waals surface area (Å²) in [6.07, 6.45) is -1.51. The zero-order valence-electron chi connectivity index (χ0n) is 20.6. The number of carboxylic acids is 1. The SMILES string of the molecule is COc1cc(CC(=O)CC(N)Oc2ccc(C(=O)O)cc2[N+](=O)[O-])ccc1NC(=O)Nc1ccccc1C. The van der Waals surface area contributed by atoms with Crippen molar-refractivity contribution in [1.82, 2.24) is 0 Å². The van der Waals surface area contributed by atoms with Crippen molar-refractivity contribution in [2.75, 3.05) is 17.7 Å². The summed E-state index contributed by atoms with van der Waals surface area (Å²) in [5.41, 5.74) is 7.55. The molecule has 0 bridgehead atoms. The number of ether oxygens (including phenoxy) is 2. The molecular formula is C26H26N4O8. The number of urea groups is 1. The van der Waals surface area contributed by atoms with Crippen molar-refractivity contribution in [1.29, 1.82) is 0 Å². The van der Waals surface area contributed by atoms with Gasteiger partial charge in [-0.3, -0.25) is 20.6 Å². The number of aromatic carboxylic acids is 1. The number of anilines is 2. The van der Waals surface area contributed by atoms with Crippen LogP contribution in [0.25, 0.3) is 0 Å². The van der Waals surface area contributed by atoms with Crippen LogP contribution in [0.2, 0.25) is 0 Å². The molecule has 0 saturated carbocycles. The normalized spacial score (nSPS) is 11.2. The second-order valence-corrected chi connectivity index (χ2v) is 8.25. The molecule has 0 heterocycles. The van der Waals surface area contributed by atoms with E-state index in [9.17, 15) is 24.5 Å². The number of hydrogen-bond donors (Lipinski definition) is 4. The van der Waals surface area contributed by atoms with E-state index in [-0.39, 0.29) is 29.9 Å². The lowest BCUT2D eigenvalue weighted by atomic mass is 10.1.